The van der Waals surface area contributed by atoms with Crippen molar-refractivity contribution in [1.29, 1.82) is 0 Å². The van der Waals surface area contributed by atoms with Gasteiger partial charge in [-0.1, -0.05) is 0 Å². The minimum atomic E-state index is -4.40. The van der Waals surface area contributed by atoms with E-state index in [4.69, 9.17) is 0 Å². The van der Waals surface area contributed by atoms with Crippen LogP contribution in [0.3, 0.4) is 0 Å². The summed E-state index contributed by atoms with van der Waals surface area (Å²) in [5, 5.41) is 4.51. The first-order valence-corrected chi connectivity index (χ1v) is 7.73. The second-order valence-electron chi connectivity index (χ2n) is 5.99. The lowest BCUT2D eigenvalue weighted by atomic mass is 10.2. The van der Waals surface area contributed by atoms with Crippen LogP contribution in [0.15, 0.2) is 18.3 Å². The highest BCUT2D eigenvalue weighted by Gasteiger charge is 2.36. The molecule has 0 unspecified atom stereocenters. The van der Waals surface area contributed by atoms with E-state index in [9.17, 15) is 13.2 Å². The summed E-state index contributed by atoms with van der Waals surface area (Å²) in [6.07, 6.45) is -0.150. The van der Waals surface area contributed by atoms with Crippen LogP contribution in [-0.2, 0) is 19.1 Å². The van der Waals surface area contributed by atoms with Gasteiger partial charge in [0.2, 0.25) is 0 Å². The van der Waals surface area contributed by atoms with Gasteiger partial charge in [-0.05, 0) is 25.0 Å². The molecule has 23 heavy (non-hydrogen) atoms. The summed E-state index contributed by atoms with van der Waals surface area (Å²) in [5.41, 5.74) is -0.689. The second kappa shape index (κ2) is 5.21. The Morgan fingerprint density at radius 2 is 1.96 bits per heavy atom. The van der Waals surface area contributed by atoms with Crippen LogP contribution in [0.1, 0.15) is 36.0 Å². The number of hydrogen-bond donors (Lipinski definition) is 0. The van der Waals surface area contributed by atoms with Crippen molar-refractivity contribution in [1.82, 2.24) is 19.7 Å². The molecule has 0 bridgehead atoms. The molecular formula is C15H16F3N5. The fourth-order valence-corrected chi connectivity index (χ4v) is 2.92. The van der Waals surface area contributed by atoms with Crippen LogP contribution in [0.4, 0.5) is 19.0 Å². The lowest BCUT2D eigenvalue weighted by Gasteiger charge is -2.24. The van der Waals surface area contributed by atoms with E-state index in [0.717, 1.165) is 30.6 Å². The van der Waals surface area contributed by atoms with Crippen molar-refractivity contribution in [3.05, 3.63) is 35.5 Å². The number of rotatable bonds is 2. The maximum absolute atomic E-state index is 13.2. The number of pyridine rings is 1. The molecule has 0 spiro atoms. The Bertz CT molecular complexity index is 695. The topological polar surface area (TPSA) is 46.8 Å². The monoisotopic (exact) mass is 323 g/mol. The van der Waals surface area contributed by atoms with Gasteiger partial charge in [0, 0.05) is 31.6 Å². The predicted molar refractivity (Wildman–Crippen MR) is 77.2 cm³/mol. The standard InChI is InChI=1S/C15H16F3N5/c16-15(17,18)11-2-1-6-19-14(11)22-7-5-12-20-13(10-3-4-10)21-23(12)9-8-22/h1-2,6,10H,3-5,7-9H2. The number of alkyl halides is 3. The molecule has 2 aromatic heterocycles. The van der Waals surface area contributed by atoms with Crippen molar-refractivity contribution >= 4 is 5.82 Å². The van der Waals surface area contributed by atoms with Gasteiger partial charge in [0.05, 0.1) is 12.1 Å². The number of halogens is 3. The Morgan fingerprint density at radius 3 is 2.70 bits per heavy atom. The van der Waals surface area contributed by atoms with Crippen molar-refractivity contribution < 1.29 is 13.2 Å². The average molecular weight is 323 g/mol. The predicted octanol–water partition coefficient (Wildman–Crippen LogP) is 2.63. The van der Waals surface area contributed by atoms with Crippen LogP contribution in [0.2, 0.25) is 0 Å². The van der Waals surface area contributed by atoms with Crippen LogP contribution in [0.25, 0.3) is 0 Å². The molecule has 4 rings (SSSR count). The number of hydrogen-bond acceptors (Lipinski definition) is 4. The zero-order valence-electron chi connectivity index (χ0n) is 12.4. The second-order valence-corrected chi connectivity index (χ2v) is 5.99. The lowest BCUT2D eigenvalue weighted by Crippen LogP contribution is -2.30. The van der Waals surface area contributed by atoms with E-state index < -0.39 is 11.7 Å². The third-order valence-corrected chi connectivity index (χ3v) is 4.29. The highest BCUT2D eigenvalue weighted by atomic mass is 19.4. The van der Waals surface area contributed by atoms with Crippen LogP contribution >= 0.6 is 0 Å². The number of nitrogens with zero attached hydrogens (tertiary/aromatic N) is 5. The normalized spacial score (nSPS) is 18.7. The Hall–Kier alpha value is -2.12. The third kappa shape index (κ3) is 2.77. The maximum atomic E-state index is 13.2. The Morgan fingerprint density at radius 1 is 1.13 bits per heavy atom. The molecule has 0 amide bonds. The van der Waals surface area contributed by atoms with Gasteiger partial charge in [0.25, 0.3) is 0 Å². The van der Waals surface area contributed by atoms with E-state index in [-0.39, 0.29) is 5.82 Å². The maximum Gasteiger partial charge on any atom is 0.419 e. The van der Waals surface area contributed by atoms with Crippen LogP contribution < -0.4 is 4.90 Å². The van der Waals surface area contributed by atoms with Gasteiger partial charge in [-0.25, -0.2) is 14.6 Å². The van der Waals surface area contributed by atoms with Crippen molar-refractivity contribution in [3.8, 4) is 0 Å². The van der Waals surface area contributed by atoms with Crippen molar-refractivity contribution in [2.75, 3.05) is 18.0 Å². The summed E-state index contributed by atoms with van der Waals surface area (Å²) < 4.78 is 41.3. The van der Waals surface area contributed by atoms with Crippen molar-refractivity contribution in [2.24, 2.45) is 0 Å². The molecule has 0 atom stereocenters. The zero-order chi connectivity index (χ0) is 16.0. The summed E-state index contributed by atoms with van der Waals surface area (Å²) in [6, 6.07) is 2.40. The molecule has 1 fully saturated rings. The minimum Gasteiger partial charge on any atom is -0.354 e. The molecular weight excluding hydrogens is 307 g/mol. The highest BCUT2D eigenvalue weighted by Crippen LogP contribution is 2.38. The molecule has 0 N–H and O–H groups in total. The van der Waals surface area contributed by atoms with Crippen LogP contribution in [0.5, 0.6) is 0 Å². The first kappa shape index (κ1) is 14.5. The SMILES string of the molecule is FC(F)(F)c1cccnc1N1CCc2nc(C3CC3)nn2CC1. The molecule has 0 saturated heterocycles. The molecule has 8 heteroatoms. The summed E-state index contributed by atoms with van der Waals surface area (Å²) in [4.78, 5) is 10.2. The van der Waals surface area contributed by atoms with Crippen molar-refractivity contribution in [3.63, 3.8) is 0 Å². The summed E-state index contributed by atoms with van der Waals surface area (Å²) in [7, 11) is 0. The molecule has 0 radical (unpaired) electrons. The Balaban J connectivity index is 1.57. The molecule has 3 heterocycles. The first-order chi connectivity index (χ1) is 11.0. The molecule has 2 aromatic rings. The largest absolute Gasteiger partial charge is 0.419 e. The number of anilines is 1. The summed E-state index contributed by atoms with van der Waals surface area (Å²) in [5.74, 6) is 2.23. The molecule has 2 aliphatic rings. The summed E-state index contributed by atoms with van der Waals surface area (Å²) in [6.45, 7) is 1.44. The van der Waals surface area contributed by atoms with Gasteiger partial charge >= 0.3 is 6.18 Å². The van der Waals surface area contributed by atoms with E-state index in [1.54, 1.807) is 4.90 Å². The number of fused-ring (bicyclic) bond motifs is 1. The van der Waals surface area contributed by atoms with Crippen molar-refractivity contribution in [2.45, 2.75) is 37.9 Å². The Labute approximate surface area is 131 Å². The van der Waals surface area contributed by atoms with Gasteiger partial charge in [0.1, 0.15) is 11.6 Å². The van der Waals surface area contributed by atoms with E-state index in [1.807, 2.05) is 4.68 Å². The fourth-order valence-electron chi connectivity index (χ4n) is 2.92. The minimum absolute atomic E-state index is 0.00632. The quantitative estimate of drug-likeness (QED) is 0.852. The number of aromatic nitrogens is 4. The first-order valence-electron chi connectivity index (χ1n) is 7.73. The van der Waals surface area contributed by atoms with Crippen LogP contribution in [0, 0.1) is 0 Å². The Kier molecular flexibility index (Phi) is 3.28. The van der Waals surface area contributed by atoms with E-state index in [2.05, 4.69) is 15.1 Å². The molecule has 5 nitrogen and oxygen atoms in total. The van der Waals surface area contributed by atoms with Gasteiger partial charge in [-0.2, -0.15) is 18.3 Å². The molecule has 1 saturated carbocycles. The highest BCUT2D eigenvalue weighted by molar-refractivity contribution is 5.48. The summed E-state index contributed by atoms with van der Waals surface area (Å²) >= 11 is 0. The van der Waals surface area contributed by atoms with Gasteiger partial charge in [-0.3, -0.25) is 0 Å². The molecule has 1 aliphatic heterocycles. The average Bonchev–Trinajstić information content (AvgIpc) is 3.31. The van der Waals surface area contributed by atoms with E-state index in [0.29, 0.717) is 32.0 Å². The van der Waals surface area contributed by atoms with Crippen LogP contribution in [-0.4, -0.2) is 32.8 Å². The van der Waals surface area contributed by atoms with E-state index in [1.165, 1.54) is 12.3 Å². The molecule has 122 valence electrons. The van der Waals surface area contributed by atoms with Gasteiger partial charge in [-0.15, -0.1) is 0 Å². The lowest BCUT2D eigenvalue weighted by molar-refractivity contribution is -0.137. The molecule has 0 aromatic carbocycles. The zero-order valence-corrected chi connectivity index (χ0v) is 12.4. The van der Waals surface area contributed by atoms with Gasteiger partial charge in [0.15, 0.2) is 5.82 Å². The third-order valence-electron chi connectivity index (χ3n) is 4.29. The fraction of sp³-hybridized carbons (Fsp3) is 0.533. The molecule has 1 aliphatic carbocycles. The van der Waals surface area contributed by atoms with E-state index >= 15 is 0 Å². The smallest absolute Gasteiger partial charge is 0.354 e. The van der Waals surface area contributed by atoms with Gasteiger partial charge < -0.3 is 4.90 Å².